The fraction of sp³-hybridized carbons (Fsp3) is 1.00. The Morgan fingerprint density at radius 1 is 1.21 bits per heavy atom. The van der Waals surface area contributed by atoms with Crippen molar-refractivity contribution in [2.45, 2.75) is 66.2 Å². The van der Waals surface area contributed by atoms with Crippen LogP contribution in [0.3, 0.4) is 0 Å². The third-order valence-electron chi connectivity index (χ3n) is 3.62. The Kier molecular flexibility index (Phi) is 7.26. The molecule has 0 aliphatic heterocycles. The molecule has 0 aromatic heterocycles. The summed E-state index contributed by atoms with van der Waals surface area (Å²) in [6.07, 6.45) is 7.23. The van der Waals surface area contributed by atoms with Crippen LogP contribution in [-0.2, 0) is 0 Å². The van der Waals surface area contributed by atoms with E-state index in [4.69, 9.17) is 0 Å². The van der Waals surface area contributed by atoms with Gasteiger partial charge in [0.2, 0.25) is 0 Å². The van der Waals surface area contributed by atoms with Crippen molar-refractivity contribution in [3.8, 4) is 0 Å². The molecule has 0 bridgehead atoms. The molecular weight excluding hydrogens is 172 g/mol. The summed E-state index contributed by atoms with van der Waals surface area (Å²) < 4.78 is 0. The van der Waals surface area contributed by atoms with Crippen LogP contribution in [0.15, 0.2) is 0 Å². The lowest BCUT2D eigenvalue weighted by atomic mass is 9.74. The van der Waals surface area contributed by atoms with Gasteiger partial charge in [0.1, 0.15) is 0 Å². The van der Waals surface area contributed by atoms with Crippen LogP contribution in [0.25, 0.3) is 0 Å². The summed E-state index contributed by atoms with van der Waals surface area (Å²) in [6.45, 7) is 9.34. The maximum atomic E-state index is 9.55. The van der Waals surface area contributed by atoms with Gasteiger partial charge in [0, 0.05) is 6.61 Å². The quantitative estimate of drug-likeness (QED) is 0.628. The van der Waals surface area contributed by atoms with Crippen LogP contribution in [0.5, 0.6) is 0 Å². The molecule has 86 valence electrons. The standard InChI is InChI=1S/C13H28O/c1-5-8-9-13(7-3,11-14)10-12(4)6-2/h12,14H,5-11H2,1-4H3. The molecule has 2 atom stereocenters. The summed E-state index contributed by atoms with van der Waals surface area (Å²) in [5.41, 5.74) is 0.214. The number of hydrogen-bond acceptors (Lipinski definition) is 1. The van der Waals surface area contributed by atoms with Crippen LogP contribution < -0.4 is 0 Å². The molecule has 0 saturated carbocycles. The average Bonchev–Trinajstić information content (AvgIpc) is 2.24. The van der Waals surface area contributed by atoms with Crippen molar-refractivity contribution in [2.75, 3.05) is 6.61 Å². The van der Waals surface area contributed by atoms with E-state index >= 15 is 0 Å². The molecule has 0 saturated heterocycles. The fourth-order valence-corrected chi connectivity index (χ4v) is 2.11. The molecule has 0 spiro atoms. The second-order valence-electron chi connectivity index (χ2n) is 4.83. The first-order valence-corrected chi connectivity index (χ1v) is 6.25. The molecule has 1 N–H and O–H groups in total. The van der Waals surface area contributed by atoms with Gasteiger partial charge in [0.25, 0.3) is 0 Å². The Balaban J connectivity index is 4.20. The first-order chi connectivity index (χ1) is 6.64. The lowest BCUT2D eigenvalue weighted by Crippen LogP contribution is -2.27. The van der Waals surface area contributed by atoms with Crippen LogP contribution in [0.1, 0.15) is 66.2 Å². The van der Waals surface area contributed by atoms with Crippen LogP contribution in [-0.4, -0.2) is 11.7 Å². The van der Waals surface area contributed by atoms with Gasteiger partial charge >= 0.3 is 0 Å². The number of aliphatic hydroxyl groups is 1. The van der Waals surface area contributed by atoms with Gasteiger partial charge in [-0.25, -0.2) is 0 Å². The third kappa shape index (κ3) is 4.45. The smallest absolute Gasteiger partial charge is 0.0487 e. The number of rotatable bonds is 8. The molecule has 2 unspecified atom stereocenters. The summed E-state index contributed by atoms with van der Waals surface area (Å²) in [6, 6.07) is 0. The summed E-state index contributed by atoms with van der Waals surface area (Å²) in [7, 11) is 0. The SMILES string of the molecule is CCCCC(CC)(CO)CC(C)CC. The normalized spacial score (nSPS) is 17.8. The Morgan fingerprint density at radius 2 is 1.86 bits per heavy atom. The zero-order valence-electron chi connectivity index (χ0n) is 10.5. The Bertz CT molecular complexity index is 127. The van der Waals surface area contributed by atoms with Crippen molar-refractivity contribution >= 4 is 0 Å². The lowest BCUT2D eigenvalue weighted by Gasteiger charge is -2.33. The molecule has 0 rings (SSSR count). The minimum atomic E-state index is 0.214. The molecule has 0 aromatic rings. The predicted octanol–water partition coefficient (Wildman–Crippen LogP) is 4.00. The largest absolute Gasteiger partial charge is 0.396 e. The first-order valence-electron chi connectivity index (χ1n) is 6.25. The van der Waals surface area contributed by atoms with Gasteiger partial charge in [-0.2, -0.15) is 0 Å². The van der Waals surface area contributed by atoms with E-state index in [0.29, 0.717) is 6.61 Å². The van der Waals surface area contributed by atoms with Crippen LogP contribution in [0.4, 0.5) is 0 Å². The van der Waals surface area contributed by atoms with Crippen molar-refractivity contribution in [1.29, 1.82) is 0 Å². The highest BCUT2D eigenvalue weighted by atomic mass is 16.3. The molecule has 0 heterocycles. The van der Waals surface area contributed by atoms with Crippen LogP contribution in [0, 0.1) is 11.3 Å². The second-order valence-corrected chi connectivity index (χ2v) is 4.83. The van der Waals surface area contributed by atoms with E-state index in [1.165, 1.54) is 32.1 Å². The molecular formula is C13H28O. The molecule has 0 aliphatic carbocycles. The maximum absolute atomic E-state index is 9.55. The second kappa shape index (κ2) is 7.28. The molecule has 0 radical (unpaired) electrons. The van der Waals surface area contributed by atoms with E-state index in [1.807, 2.05) is 0 Å². The first kappa shape index (κ1) is 14.0. The van der Waals surface area contributed by atoms with Crippen molar-refractivity contribution in [2.24, 2.45) is 11.3 Å². The van der Waals surface area contributed by atoms with E-state index in [2.05, 4.69) is 27.7 Å². The van der Waals surface area contributed by atoms with Gasteiger partial charge in [0.05, 0.1) is 0 Å². The molecule has 1 heteroatoms. The van der Waals surface area contributed by atoms with Crippen LogP contribution in [0.2, 0.25) is 0 Å². The van der Waals surface area contributed by atoms with Gasteiger partial charge in [-0.05, 0) is 30.6 Å². The third-order valence-corrected chi connectivity index (χ3v) is 3.62. The molecule has 14 heavy (non-hydrogen) atoms. The summed E-state index contributed by atoms with van der Waals surface area (Å²) >= 11 is 0. The summed E-state index contributed by atoms with van der Waals surface area (Å²) in [5, 5.41) is 9.55. The van der Waals surface area contributed by atoms with Gasteiger partial charge in [-0.3, -0.25) is 0 Å². The minimum Gasteiger partial charge on any atom is -0.396 e. The molecule has 0 amide bonds. The minimum absolute atomic E-state index is 0.214. The molecule has 0 aliphatic rings. The molecule has 0 aromatic carbocycles. The van der Waals surface area contributed by atoms with Crippen molar-refractivity contribution in [1.82, 2.24) is 0 Å². The van der Waals surface area contributed by atoms with Crippen molar-refractivity contribution in [3.63, 3.8) is 0 Å². The Hall–Kier alpha value is -0.0400. The maximum Gasteiger partial charge on any atom is 0.0487 e. The van der Waals surface area contributed by atoms with Crippen molar-refractivity contribution in [3.05, 3.63) is 0 Å². The van der Waals surface area contributed by atoms with E-state index in [9.17, 15) is 5.11 Å². The van der Waals surface area contributed by atoms with E-state index in [1.54, 1.807) is 0 Å². The molecule has 0 fully saturated rings. The van der Waals surface area contributed by atoms with E-state index in [0.717, 1.165) is 12.3 Å². The molecule has 1 nitrogen and oxygen atoms in total. The fourth-order valence-electron chi connectivity index (χ4n) is 2.11. The van der Waals surface area contributed by atoms with Gasteiger partial charge in [-0.15, -0.1) is 0 Å². The Morgan fingerprint density at radius 3 is 2.21 bits per heavy atom. The topological polar surface area (TPSA) is 20.2 Å². The highest BCUT2D eigenvalue weighted by molar-refractivity contribution is 4.79. The monoisotopic (exact) mass is 200 g/mol. The Labute approximate surface area is 89.9 Å². The zero-order valence-corrected chi connectivity index (χ0v) is 10.5. The number of hydrogen-bond donors (Lipinski definition) is 1. The predicted molar refractivity (Wildman–Crippen MR) is 63.4 cm³/mol. The number of unbranched alkanes of at least 4 members (excludes halogenated alkanes) is 1. The lowest BCUT2D eigenvalue weighted by molar-refractivity contribution is 0.0809. The van der Waals surface area contributed by atoms with Crippen LogP contribution >= 0.6 is 0 Å². The zero-order chi connectivity index (χ0) is 11.0. The van der Waals surface area contributed by atoms with Crippen molar-refractivity contribution < 1.29 is 5.11 Å². The number of aliphatic hydroxyl groups excluding tert-OH is 1. The van der Waals surface area contributed by atoms with Gasteiger partial charge in [-0.1, -0.05) is 47.0 Å². The van der Waals surface area contributed by atoms with Gasteiger partial charge < -0.3 is 5.11 Å². The summed E-state index contributed by atoms with van der Waals surface area (Å²) in [5.74, 6) is 0.749. The average molecular weight is 200 g/mol. The van der Waals surface area contributed by atoms with E-state index in [-0.39, 0.29) is 5.41 Å². The highest BCUT2D eigenvalue weighted by Gasteiger charge is 2.28. The summed E-state index contributed by atoms with van der Waals surface area (Å²) in [4.78, 5) is 0. The highest BCUT2D eigenvalue weighted by Crippen LogP contribution is 2.36. The van der Waals surface area contributed by atoms with E-state index < -0.39 is 0 Å². The van der Waals surface area contributed by atoms with Gasteiger partial charge in [0.15, 0.2) is 0 Å².